The van der Waals surface area contributed by atoms with Gasteiger partial charge in [-0.25, -0.2) is 4.99 Å². The van der Waals surface area contributed by atoms with Gasteiger partial charge >= 0.3 is 0 Å². The molecule has 2 aromatic rings. The van der Waals surface area contributed by atoms with Crippen molar-refractivity contribution >= 4 is 11.6 Å². The van der Waals surface area contributed by atoms with Crippen molar-refractivity contribution in [3.05, 3.63) is 59.2 Å². The molecule has 0 heterocycles. The largest absolute Gasteiger partial charge is 0.493 e. The van der Waals surface area contributed by atoms with Crippen LogP contribution in [0.25, 0.3) is 0 Å². The van der Waals surface area contributed by atoms with Crippen LogP contribution in [0.5, 0.6) is 5.75 Å². The first-order chi connectivity index (χ1) is 11.1. The maximum absolute atomic E-state index is 5.97. The molecule has 2 rings (SSSR count). The van der Waals surface area contributed by atoms with Crippen LogP contribution in [0.3, 0.4) is 0 Å². The lowest BCUT2D eigenvalue weighted by atomic mass is 10.1. The van der Waals surface area contributed by atoms with Gasteiger partial charge in [-0.2, -0.15) is 0 Å². The number of nitrogens with two attached hydrogens (primary N) is 1. The maximum atomic E-state index is 5.97. The smallest absolute Gasteiger partial charge is 0.193 e. The lowest BCUT2D eigenvalue weighted by Gasteiger charge is -2.11. The summed E-state index contributed by atoms with van der Waals surface area (Å²) in [5, 5.41) is 3.10. The first-order valence-electron chi connectivity index (χ1n) is 7.94. The van der Waals surface area contributed by atoms with E-state index in [1.807, 2.05) is 36.4 Å². The first-order valence-corrected chi connectivity index (χ1v) is 7.94. The topological polar surface area (TPSA) is 59.6 Å². The average molecular weight is 311 g/mol. The van der Waals surface area contributed by atoms with E-state index in [1.54, 1.807) is 0 Å². The monoisotopic (exact) mass is 311 g/mol. The van der Waals surface area contributed by atoms with E-state index in [2.05, 4.69) is 37.1 Å². The highest BCUT2D eigenvalue weighted by Gasteiger charge is 2.04. The Kier molecular flexibility index (Phi) is 6.03. The van der Waals surface area contributed by atoms with Gasteiger partial charge < -0.3 is 15.8 Å². The second-order valence-electron chi connectivity index (χ2n) is 5.65. The molecule has 3 N–H and O–H groups in total. The third-order valence-corrected chi connectivity index (χ3v) is 3.43. The van der Waals surface area contributed by atoms with E-state index >= 15 is 0 Å². The van der Waals surface area contributed by atoms with Crippen LogP contribution in [0.1, 0.15) is 30.0 Å². The lowest BCUT2D eigenvalue weighted by Crippen LogP contribution is -2.22. The molecule has 0 unspecified atom stereocenters. The number of aliphatic imine (C=N–C) groups is 1. The molecule has 0 radical (unpaired) electrons. The number of nitrogens with one attached hydrogen (secondary N) is 1. The lowest BCUT2D eigenvalue weighted by molar-refractivity contribution is 0.314. The minimum absolute atomic E-state index is 0.399. The van der Waals surface area contributed by atoms with Gasteiger partial charge in [0.2, 0.25) is 0 Å². The van der Waals surface area contributed by atoms with Crippen molar-refractivity contribution in [1.82, 2.24) is 0 Å². The summed E-state index contributed by atoms with van der Waals surface area (Å²) in [5.41, 5.74) is 10.3. The quantitative estimate of drug-likeness (QED) is 0.626. The van der Waals surface area contributed by atoms with Crippen LogP contribution in [-0.4, -0.2) is 12.6 Å². The number of guanidine groups is 1. The van der Waals surface area contributed by atoms with E-state index < -0.39 is 0 Å². The average Bonchev–Trinajstić information content (AvgIpc) is 2.54. The second-order valence-corrected chi connectivity index (χ2v) is 5.65. The molecule has 0 saturated carbocycles. The van der Waals surface area contributed by atoms with E-state index in [1.165, 1.54) is 11.1 Å². The van der Waals surface area contributed by atoms with Gasteiger partial charge in [0.15, 0.2) is 5.96 Å². The molecule has 0 aliphatic heterocycles. The van der Waals surface area contributed by atoms with E-state index in [9.17, 15) is 0 Å². The summed E-state index contributed by atoms with van der Waals surface area (Å²) < 4.78 is 5.80. The highest BCUT2D eigenvalue weighted by Crippen LogP contribution is 2.21. The fourth-order valence-electron chi connectivity index (χ4n) is 2.13. The molecule has 0 amide bonds. The van der Waals surface area contributed by atoms with Gasteiger partial charge in [0, 0.05) is 11.3 Å². The van der Waals surface area contributed by atoms with Gasteiger partial charge in [-0.15, -0.1) is 0 Å². The van der Waals surface area contributed by atoms with Crippen LogP contribution in [-0.2, 0) is 6.54 Å². The summed E-state index contributed by atoms with van der Waals surface area (Å²) in [4.78, 5) is 4.41. The maximum Gasteiger partial charge on any atom is 0.193 e. The highest BCUT2D eigenvalue weighted by molar-refractivity contribution is 5.92. The van der Waals surface area contributed by atoms with Gasteiger partial charge in [0.1, 0.15) is 5.75 Å². The first kappa shape index (κ1) is 16.9. The Morgan fingerprint density at radius 3 is 2.48 bits per heavy atom. The Morgan fingerprint density at radius 2 is 1.78 bits per heavy atom. The summed E-state index contributed by atoms with van der Waals surface area (Å²) in [6, 6.07) is 14.2. The summed E-state index contributed by atoms with van der Waals surface area (Å²) in [5.74, 6) is 1.29. The SMILES string of the molecule is CCCOc1cc(C)ccc1CN=C(N)Nc1ccc(C)cc1. The molecule has 0 aliphatic rings. The molecule has 122 valence electrons. The molecule has 0 aromatic heterocycles. The Hall–Kier alpha value is -2.49. The number of ether oxygens (including phenoxy) is 1. The van der Waals surface area contributed by atoms with Crippen LogP contribution in [0, 0.1) is 13.8 Å². The molecular weight excluding hydrogens is 286 g/mol. The van der Waals surface area contributed by atoms with Crippen LogP contribution in [0.2, 0.25) is 0 Å². The van der Waals surface area contributed by atoms with E-state index in [4.69, 9.17) is 10.5 Å². The molecule has 0 spiro atoms. The van der Waals surface area contributed by atoms with Gasteiger partial charge in [0.05, 0.1) is 13.2 Å². The van der Waals surface area contributed by atoms with Crippen LogP contribution in [0.15, 0.2) is 47.5 Å². The van der Waals surface area contributed by atoms with Crippen molar-refractivity contribution in [1.29, 1.82) is 0 Å². The third-order valence-electron chi connectivity index (χ3n) is 3.43. The zero-order valence-electron chi connectivity index (χ0n) is 14.1. The molecular formula is C19H25N3O. The summed E-state index contributed by atoms with van der Waals surface area (Å²) in [6.45, 7) is 7.40. The highest BCUT2D eigenvalue weighted by atomic mass is 16.5. The molecule has 0 atom stereocenters. The normalized spacial score (nSPS) is 11.3. The number of nitrogens with zero attached hydrogens (tertiary/aromatic N) is 1. The van der Waals surface area contributed by atoms with Crippen molar-refractivity contribution in [3.63, 3.8) is 0 Å². The summed E-state index contributed by atoms with van der Waals surface area (Å²) >= 11 is 0. The molecule has 0 saturated heterocycles. The predicted octanol–water partition coefficient (Wildman–Crippen LogP) is 4.02. The number of rotatable bonds is 6. The zero-order valence-corrected chi connectivity index (χ0v) is 14.1. The van der Waals surface area contributed by atoms with Crippen LogP contribution >= 0.6 is 0 Å². The van der Waals surface area contributed by atoms with E-state index in [-0.39, 0.29) is 0 Å². The van der Waals surface area contributed by atoms with Crippen molar-refractivity contribution in [2.24, 2.45) is 10.7 Å². The number of benzene rings is 2. The van der Waals surface area contributed by atoms with Gasteiger partial charge in [-0.1, -0.05) is 36.8 Å². The standard InChI is InChI=1S/C19H25N3O/c1-4-11-23-18-12-15(3)5-8-16(18)13-21-19(20)22-17-9-6-14(2)7-10-17/h5-10,12H,4,11,13H2,1-3H3,(H3,20,21,22). The Morgan fingerprint density at radius 1 is 1.09 bits per heavy atom. The number of anilines is 1. The van der Waals surface area contributed by atoms with Gasteiger partial charge in [-0.05, 0) is 44.0 Å². The molecule has 23 heavy (non-hydrogen) atoms. The van der Waals surface area contributed by atoms with Gasteiger partial charge in [-0.3, -0.25) is 0 Å². The van der Waals surface area contributed by atoms with Crippen LogP contribution in [0.4, 0.5) is 5.69 Å². The summed E-state index contributed by atoms with van der Waals surface area (Å²) in [7, 11) is 0. The number of hydrogen-bond donors (Lipinski definition) is 2. The molecule has 0 aliphatic carbocycles. The fraction of sp³-hybridized carbons (Fsp3) is 0.316. The van der Waals surface area contributed by atoms with Gasteiger partial charge in [0.25, 0.3) is 0 Å². The minimum Gasteiger partial charge on any atom is -0.493 e. The zero-order chi connectivity index (χ0) is 16.7. The molecule has 4 heteroatoms. The molecule has 0 bridgehead atoms. The van der Waals surface area contributed by atoms with Crippen molar-refractivity contribution < 1.29 is 4.74 Å². The third kappa shape index (κ3) is 5.33. The van der Waals surface area contributed by atoms with Crippen molar-refractivity contribution in [2.75, 3.05) is 11.9 Å². The number of aryl methyl sites for hydroxylation is 2. The minimum atomic E-state index is 0.399. The second kappa shape index (κ2) is 8.22. The van der Waals surface area contributed by atoms with E-state index in [0.717, 1.165) is 23.4 Å². The molecule has 0 fully saturated rings. The van der Waals surface area contributed by atoms with Crippen LogP contribution < -0.4 is 15.8 Å². The molecule has 2 aromatic carbocycles. The Bertz CT molecular complexity index is 663. The van der Waals surface area contributed by atoms with Crippen molar-refractivity contribution in [2.45, 2.75) is 33.7 Å². The fourth-order valence-corrected chi connectivity index (χ4v) is 2.13. The number of hydrogen-bond acceptors (Lipinski definition) is 2. The predicted molar refractivity (Wildman–Crippen MR) is 97.1 cm³/mol. The summed E-state index contributed by atoms with van der Waals surface area (Å²) in [6.07, 6.45) is 0.980. The Labute approximate surface area is 138 Å². The van der Waals surface area contributed by atoms with Crippen molar-refractivity contribution in [3.8, 4) is 5.75 Å². The Balaban J connectivity index is 2.04. The van der Waals surface area contributed by atoms with E-state index in [0.29, 0.717) is 19.1 Å². The molecule has 4 nitrogen and oxygen atoms in total.